The quantitative estimate of drug-likeness (QED) is 0.754. The Labute approximate surface area is 172 Å². The first-order valence-corrected chi connectivity index (χ1v) is 12.6. The topological polar surface area (TPSA) is 86.6 Å². The highest BCUT2D eigenvalue weighted by molar-refractivity contribution is 7.88. The highest BCUT2D eigenvalue weighted by Crippen LogP contribution is 2.35. The summed E-state index contributed by atoms with van der Waals surface area (Å²) in [4.78, 5) is 12.9. The van der Waals surface area contributed by atoms with Gasteiger partial charge in [-0.1, -0.05) is 6.07 Å². The highest BCUT2D eigenvalue weighted by atomic mass is 32.2. The summed E-state index contributed by atoms with van der Waals surface area (Å²) in [5.74, 6) is 0.643. The fourth-order valence-electron chi connectivity index (χ4n) is 5.03. The van der Waals surface area contributed by atoms with Gasteiger partial charge in [0.1, 0.15) is 0 Å². The number of hydrogen-bond acceptors (Lipinski definition) is 5. The van der Waals surface area contributed by atoms with Crippen LogP contribution in [0.2, 0.25) is 0 Å². The van der Waals surface area contributed by atoms with Gasteiger partial charge < -0.3 is 14.0 Å². The van der Waals surface area contributed by atoms with Crippen LogP contribution in [0.3, 0.4) is 0 Å². The molecule has 2 aliphatic heterocycles. The molecule has 4 rings (SSSR count). The number of fused-ring (bicyclic) bond motifs is 1. The third kappa shape index (κ3) is 4.76. The molecule has 162 valence electrons. The van der Waals surface area contributed by atoms with E-state index in [1.54, 1.807) is 11.5 Å². The summed E-state index contributed by atoms with van der Waals surface area (Å²) in [6, 6.07) is 3.16. The van der Waals surface area contributed by atoms with Gasteiger partial charge in [-0.2, -0.15) is 0 Å². The Kier molecular flexibility index (Phi) is 6.16. The van der Waals surface area contributed by atoms with Gasteiger partial charge in [-0.15, -0.1) is 0 Å². The third-order valence-corrected chi connectivity index (χ3v) is 7.48. The van der Waals surface area contributed by atoms with Crippen LogP contribution in [-0.2, 0) is 25.9 Å². The lowest BCUT2D eigenvalue weighted by Crippen LogP contribution is -2.49. The van der Waals surface area contributed by atoms with Gasteiger partial charge in [0.25, 0.3) is 5.56 Å². The lowest BCUT2D eigenvalue weighted by molar-refractivity contribution is -0.104. The molecular formula is C21H32N2O5S. The van der Waals surface area contributed by atoms with Gasteiger partial charge in [0.05, 0.1) is 31.1 Å². The van der Waals surface area contributed by atoms with Gasteiger partial charge in [0, 0.05) is 23.9 Å². The smallest absolute Gasteiger partial charge is 0.254 e. The summed E-state index contributed by atoms with van der Waals surface area (Å²) >= 11 is 0. The van der Waals surface area contributed by atoms with Gasteiger partial charge >= 0.3 is 0 Å². The second-order valence-corrected chi connectivity index (χ2v) is 10.6. The predicted molar refractivity (Wildman–Crippen MR) is 111 cm³/mol. The normalized spacial score (nSPS) is 32.4. The summed E-state index contributed by atoms with van der Waals surface area (Å²) in [6.45, 7) is 3.04. The second-order valence-electron chi connectivity index (χ2n) is 8.85. The van der Waals surface area contributed by atoms with E-state index in [9.17, 15) is 13.2 Å². The number of pyridine rings is 1. The molecule has 1 saturated carbocycles. The lowest BCUT2D eigenvalue weighted by atomic mass is 9.81. The van der Waals surface area contributed by atoms with E-state index in [4.69, 9.17) is 9.47 Å². The average Bonchev–Trinajstić information content (AvgIpc) is 2.62. The Bertz CT molecular complexity index is 885. The van der Waals surface area contributed by atoms with Crippen LogP contribution in [0.4, 0.5) is 0 Å². The van der Waals surface area contributed by atoms with Gasteiger partial charge in [0.15, 0.2) is 0 Å². The van der Waals surface area contributed by atoms with Crippen LogP contribution < -0.4 is 10.3 Å². The largest absolute Gasteiger partial charge is 0.378 e. The average molecular weight is 425 g/mol. The van der Waals surface area contributed by atoms with Gasteiger partial charge in [0.2, 0.25) is 10.0 Å². The monoisotopic (exact) mass is 424 g/mol. The van der Waals surface area contributed by atoms with E-state index in [1.807, 2.05) is 12.1 Å². The molecule has 1 aliphatic carbocycles. The predicted octanol–water partition coefficient (Wildman–Crippen LogP) is 1.93. The molecule has 3 heterocycles. The molecule has 0 aromatic carbocycles. The molecule has 0 radical (unpaired) electrons. The molecule has 3 atom stereocenters. The van der Waals surface area contributed by atoms with Crippen LogP contribution in [0.1, 0.15) is 55.8 Å². The molecule has 3 unspecified atom stereocenters. The number of nitrogens with zero attached hydrogens (tertiary/aromatic N) is 1. The van der Waals surface area contributed by atoms with E-state index < -0.39 is 10.0 Å². The van der Waals surface area contributed by atoms with Crippen LogP contribution in [-0.4, -0.2) is 50.7 Å². The Morgan fingerprint density at radius 1 is 1.17 bits per heavy atom. The zero-order chi connectivity index (χ0) is 20.6. The molecule has 29 heavy (non-hydrogen) atoms. The van der Waals surface area contributed by atoms with Crippen molar-refractivity contribution >= 4 is 10.0 Å². The van der Waals surface area contributed by atoms with E-state index in [-0.39, 0.29) is 23.7 Å². The molecule has 0 amide bonds. The van der Waals surface area contributed by atoms with Crippen LogP contribution in [0.15, 0.2) is 16.9 Å². The molecule has 0 bridgehead atoms. The molecule has 7 nitrogen and oxygen atoms in total. The van der Waals surface area contributed by atoms with Crippen molar-refractivity contribution in [2.75, 3.05) is 19.5 Å². The standard InChI is InChI=1S/C21H32N2O5S/c1-14-3-6-16-7-10-18(22-29(2,25)26)19(23(16)21(14)24)13-28-17-8-4-15(5-9-17)20-11-12-27-20/h3,6,15,17-20,22H,4-5,7-13H2,1-2H3. The first-order chi connectivity index (χ1) is 13.8. The zero-order valence-electron chi connectivity index (χ0n) is 17.3. The molecule has 8 heteroatoms. The summed E-state index contributed by atoms with van der Waals surface area (Å²) in [5, 5.41) is 0. The molecule has 0 spiro atoms. The number of rotatable bonds is 6. The van der Waals surface area contributed by atoms with Crippen molar-refractivity contribution in [3.05, 3.63) is 33.7 Å². The van der Waals surface area contributed by atoms with Crippen molar-refractivity contribution in [1.82, 2.24) is 9.29 Å². The van der Waals surface area contributed by atoms with Crippen LogP contribution >= 0.6 is 0 Å². The Hall–Kier alpha value is -1.22. The van der Waals surface area contributed by atoms with Crippen molar-refractivity contribution < 1.29 is 17.9 Å². The first kappa shape index (κ1) is 21.0. The summed E-state index contributed by atoms with van der Waals surface area (Å²) in [6.07, 6.45) is 8.50. The molecule has 1 aromatic heterocycles. The zero-order valence-corrected chi connectivity index (χ0v) is 18.1. The van der Waals surface area contributed by atoms with Crippen molar-refractivity contribution in [2.45, 2.75) is 76.2 Å². The number of sulfonamides is 1. The molecule has 1 N–H and O–H groups in total. The maximum absolute atomic E-state index is 12.9. The minimum atomic E-state index is -3.37. The summed E-state index contributed by atoms with van der Waals surface area (Å²) in [5.41, 5.74) is 1.56. The van der Waals surface area contributed by atoms with Crippen LogP contribution in [0.5, 0.6) is 0 Å². The fourth-order valence-corrected chi connectivity index (χ4v) is 5.85. The third-order valence-electron chi connectivity index (χ3n) is 6.75. The Morgan fingerprint density at radius 2 is 1.90 bits per heavy atom. The van der Waals surface area contributed by atoms with E-state index in [0.717, 1.165) is 38.0 Å². The van der Waals surface area contributed by atoms with Crippen molar-refractivity contribution in [1.29, 1.82) is 0 Å². The molecular weight excluding hydrogens is 392 g/mol. The first-order valence-electron chi connectivity index (χ1n) is 10.7. The summed E-state index contributed by atoms with van der Waals surface area (Å²) in [7, 11) is -3.37. The molecule has 1 aromatic rings. The van der Waals surface area contributed by atoms with Crippen LogP contribution in [0, 0.1) is 12.8 Å². The van der Waals surface area contributed by atoms with Gasteiger partial charge in [-0.3, -0.25) is 4.79 Å². The number of ether oxygens (including phenoxy) is 2. The van der Waals surface area contributed by atoms with E-state index in [2.05, 4.69) is 4.72 Å². The number of aryl methyl sites for hydroxylation is 2. The maximum atomic E-state index is 12.9. The van der Waals surface area contributed by atoms with Crippen molar-refractivity contribution in [2.24, 2.45) is 5.92 Å². The highest BCUT2D eigenvalue weighted by Gasteiger charge is 2.35. The number of nitrogens with one attached hydrogen (secondary N) is 1. The Morgan fingerprint density at radius 3 is 2.52 bits per heavy atom. The van der Waals surface area contributed by atoms with Gasteiger partial charge in [-0.05, 0) is 63.9 Å². The van der Waals surface area contributed by atoms with Gasteiger partial charge in [-0.25, -0.2) is 13.1 Å². The Balaban J connectivity index is 1.47. The molecule has 1 saturated heterocycles. The van der Waals surface area contributed by atoms with E-state index in [0.29, 0.717) is 37.0 Å². The molecule has 3 aliphatic rings. The maximum Gasteiger partial charge on any atom is 0.254 e. The fraction of sp³-hybridized carbons (Fsp3) is 0.762. The molecule has 2 fully saturated rings. The van der Waals surface area contributed by atoms with Crippen LogP contribution in [0.25, 0.3) is 0 Å². The lowest BCUT2D eigenvalue weighted by Gasteiger charge is -2.39. The van der Waals surface area contributed by atoms with E-state index >= 15 is 0 Å². The minimum absolute atomic E-state index is 0.0538. The number of aromatic nitrogens is 1. The summed E-state index contributed by atoms with van der Waals surface area (Å²) < 4.78 is 40.2. The van der Waals surface area contributed by atoms with E-state index in [1.165, 1.54) is 12.7 Å². The second kappa shape index (κ2) is 8.49. The van der Waals surface area contributed by atoms with Crippen molar-refractivity contribution in [3.63, 3.8) is 0 Å². The minimum Gasteiger partial charge on any atom is -0.378 e. The van der Waals surface area contributed by atoms with Crippen molar-refractivity contribution in [3.8, 4) is 0 Å². The SMILES string of the molecule is Cc1ccc2n(c1=O)C(COC1CCC(C3CCO3)CC1)C(NS(C)(=O)=O)CC2. The number of hydrogen-bond donors (Lipinski definition) is 1.